The molecule has 1 saturated heterocycles. The summed E-state index contributed by atoms with van der Waals surface area (Å²) in [4.78, 5) is 22.1. The Bertz CT molecular complexity index is 3320. The van der Waals surface area contributed by atoms with E-state index >= 15 is 0 Å². The molecule has 0 radical (unpaired) electrons. The molecule has 0 atom stereocenters. The van der Waals surface area contributed by atoms with E-state index in [2.05, 4.69) is 184 Å². The minimum Gasteiger partial charge on any atom is -0.658 e. The van der Waals surface area contributed by atoms with Crippen molar-refractivity contribution in [2.45, 2.75) is 144 Å². The zero-order chi connectivity index (χ0) is 51.4. The van der Waals surface area contributed by atoms with Gasteiger partial charge in [0, 0.05) is 0 Å². The van der Waals surface area contributed by atoms with Crippen LogP contribution in [0.25, 0.3) is 79.8 Å². The maximum absolute atomic E-state index is 10.3. The average molecular weight is 1000 g/mol. The van der Waals surface area contributed by atoms with Crippen LogP contribution in [0.1, 0.15) is 167 Å². The third-order valence-electron chi connectivity index (χ3n) is 14.5. The van der Waals surface area contributed by atoms with Crippen LogP contribution in [0.2, 0.25) is 0 Å². The molecule has 0 amide bonds. The molecule has 3 aliphatic heterocycles. The van der Waals surface area contributed by atoms with Crippen LogP contribution in [0.4, 0.5) is 0 Å². The fourth-order valence-corrected chi connectivity index (χ4v) is 9.38. The molecule has 6 aromatic rings. The first kappa shape index (κ1) is 52.2. The summed E-state index contributed by atoms with van der Waals surface area (Å²) in [6, 6.07) is 31.8. The van der Waals surface area contributed by atoms with Gasteiger partial charge in [0.1, 0.15) is 0 Å². The predicted octanol–water partition coefficient (Wildman–Crippen LogP) is 14.1. The number of rotatable bonds is 4. The number of nitriles is 2. The van der Waals surface area contributed by atoms with Crippen LogP contribution in [0.15, 0.2) is 78.9 Å². The molecule has 0 aliphatic carbocycles. The van der Waals surface area contributed by atoms with Gasteiger partial charge < -0.3 is 19.3 Å². The molecule has 3 aliphatic rings. The summed E-state index contributed by atoms with van der Waals surface area (Å²) in [7, 11) is -0.781. The smallest absolute Gasteiger partial charge is 0.658 e. The number of nitrogens with zero attached hydrogens (tertiary/aromatic N) is 6. The van der Waals surface area contributed by atoms with Crippen LogP contribution >= 0.6 is 0 Å². The Hall–Kier alpha value is -6.15. The minimum absolute atomic E-state index is 0. The molecule has 9 rings (SSSR count). The Morgan fingerprint density at radius 3 is 1.10 bits per heavy atom. The SMILES string of the molecule is CC(C)(C)c1cc(-c2c3nc(c(-c4cc(C#N)cc(C#N)c4)c4ccc([n-]4)c(-c4cc(C(C)(C)C)cc(C(C)(C)C)c4)c4nc(c(B5OC(C)(C)C(C)(C)O5)c5ccc2[n-]5)C=C4)C=C3)cc(C(C)(C)C)c1.[Zn+2]. The maximum Gasteiger partial charge on any atom is 2.00 e. The standard InChI is InChI=1S/C62H65BN6O2.Zn/c1-57(2,3)41-28-39(29-42(32-41)58(4,5)6)54-47-19-17-45(66-47)53(38-26-36(34-64)25-37(27-38)35-65)46-18-20-48(67-46)55(40-30-43(59(7,8)9)33-44(31-40)60(10,11)12)50-22-24-52(69-50)56(51-23-21-49(54)68-51)63-70-61(13,14)62(15,16)71-63;/h17-33H,1-16H3;/q-2;+2. The quantitative estimate of drug-likeness (QED) is 0.160. The summed E-state index contributed by atoms with van der Waals surface area (Å²) in [5, 5.41) is 20.5. The van der Waals surface area contributed by atoms with E-state index in [1.54, 1.807) is 6.07 Å². The van der Waals surface area contributed by atoms with Crippen LogP contribution in [0, 0.1) is 22.7 Å². The largest absolute Gasteiger partial charge is 2.00 e. The molecule has 0 unspecified atom stereocenters. The number of benzene rings is 3. The summed E-state index contributed by atoms with van der Waals surface area (Å²) in [5.41, 5.74) is 15.0. The van der Waals surface area contributed by atoms with Crippen molar-refractivity contribution in [3.8, 4) is 45.5 Å². The van der Waals surface area contributed by atoms with Gasteiger partial charge in [0.25, 0.3) is 0 Å². The second-order valence-corrected chi connectivity index (χ2v) is 24.6. The molecule has 0 N–H and O–H groups in total. The molecular formula is C62H65BN6O2Zn. The van der Waals surface area contributed by atoms with Gasteiger partial charge in [0.15, 0.2) is 0 Å². The van der Waals surface area contributed by atoms with Gasteiger partial charge in [-0.05, 0) is 153 Å². The Morgan fingerprint density at radius 2 is 0.750 bits per heavy atom. The van der Waals surface area contributed by atoms with Gasteiger partial charge >= 0.3 is 26.6 Å². The van der Waals surface area contributed by atoms with Crippen LogP contribution < -0.4 is 15.4 Å². The van der Waals surface area contributed by atoms with Crippen LogP contribution in [-0.4, -0.2) is 28.3 Å². The van der Waals surface area contributed by atoms with Crippen molar-refractivity contribution in [3.05, 3.63) is 135 Å². The van der Waals surface area contributed by atoms with E-state index < -0.39 is 18.3 Å². The fourth-order valence-electron chi connectivity index (χ4n) is 9.38. The van der Waals surface area contributed by atoms with Gasteiger partial charge in [0.05, 0.1) is 57.2 Å². The van der Waals surface area contributed by atoms with E-state index in [-0.39, 0.29) is 41.1 Å². The van der Waals surface area contributed by atoms with Crippen LogP contribution in [-0.2, 0) is 50.4 Å². The van der Waals surface area contributed by atoms with E-state index in [0.29, 0.717) is 44.7 Å². The second kappa shape index (κ2) is 18.1. The van der Waals surface area contributed by atoms with Gasteiger partial charge in [-0.1, -0.05) is 144 Å². The third-order valence-corrected chi connectivity index (χ3v) is 14.5. The van der Waals surface area contributed by atoms with Gasteiger partial charge in [0.2, 0.25) is 0 Å². The summed E-state index contributed by atoms with van der Waals surface area (Å²) in [6.07, 6.45) is 8.19. The Kier molecular flexibility index (Phi) is 13.1. The second-order valence-electron chi connectivity index (χ2n) is 24.6. The number of hydrogen-bond donors (Lipinski definition) is 0. The van der Waals surface area contributed by atoms with Gasteiger partial charge in [-0.15, -0.1) is 22.1 Å². The van der Waals surface area contributed by atoms with Crippen LogP contribution in [0.3, 0.4) is 0 Å². The molecular weight excluding hydrogens is 937 g/mol. The first-order valence-corrected chi connectivity index (χ1v) is 24.7. The molecule has 360 valence electrons. The van der Waals surface area contributed by atoms with Gasteiger partial charge in [-0.3, -0.25) is 0 Å². The van der Waals surface area contributed by atoms with E-state index in [9.17, 15) is 10.5 Å². The fraction of sp³-hybridized carbons (Fsp3) is 0.355. The van der Waals surface area contributed by atoms with E-state index in [1.807, 2.05) is 36.4 Å². The molecule has 1 fully saturated rings. The molecule has 10 heteroatoms. The monoisotopic (exact) mass is 1000 g/mol. The first-order chi connectivity index (χ1) is 33.0. The molecule has 72 heavy (non-hydrogen) atoms. The van der Waals surface area contributed by atoms with Crippen molar-refractivity contribution in [1.82, 2.24) is 19.9 Å². The number of fused-ring (bicyclic) bond motifs is 8. The Balaban J connectivity index is 0.00000693. The summed E-state index contributed by atoms with van der Waals surface area (Å²) in [5.74, 6) is 0. The Labute approximate surface area is 440 Å². The molecule has 0 spiro atoms. The normalized spacial score (nSPS) is 15.3. The number of aromatic nitrogens is 4. The zero-order valence-electron chi connectivity index (χ0n) is 45.1. The van der Waals surface area contributed by atoms with Crippen molar-refractivity contribution in [1.29, 1.82) is 10.5 Å². The van der Waals surface area contributed by atoms with Gasteiger partial charge in [-0.2, -0.15) is 10.5 Å². The van der Waals surface area contributed by atoms with E-state index in [0.717, 1.165) is 50.1 Å². The summed E-state index contributed by atoms with van der Waals surface area (Å²) >= 11 is 0. The van der Waals surface area contributed by atoms with Crippen molar-refractivity contribution < 1.29 is 28.8 Å². The van der Waals surface area contributed by atoms with Crippen molar-refractivity contribution >= 4 is 59.0 Å². The van der Waals surface area contributed by atoms with Gasteiger partial charge in [-0.25, -0.2) is 9.97 Å². The van der Waals surface area contributed by atoms with Crippen molar-refractivity contribution in [2.24, 2.45) is 0 Å². The minimum atomic E-state index is -0.781. The molecule has 3 aromatic heterocycles. The topological polar surface area (TPSA) is 120 Å². The van der Waals surface area contributed by atoms with Crippen LogP contribution in [0.5, 0.6) is 0 Å². The molecule has 8 bridgehead atoms. The summed E-state index contributed by atoms with van der Waals surface area (Å²) in [6.45, 7) is 35.2. The third kappa shape index (κ3) is 9.75. The van der Waals surface area contributed by atoms with Crippen molar-refractivity contribution in [3.63, 3.8) is 0 Å². The Morgan fingerprint density at radius 1 is 0.444 bits per heavy atom. The predicted molar refractivity (Wildman–Crippen MR) is 293 cm³/mol. The molecule has 6 heterocycles. The first-order valence-electron chi connectivity index (χ1n) is 24.7. The summed E-state index contributed by atoms with van der Waals surface area (Å²) < 4.78 is 13.8. The van der Waals surface area contributed by atoms with E-state index in [1.165, 1.54) is 22.3 Å². The van der Waals surface area contributed by atoms with Crippen molar-refractivity contribution in [2.75, 3.05) is 0 Å². The maximum atomic E-state index is 10.3. The number of hydrogen-bond acceptors (Lipinski definition) is 6. The molecule has 3 aromatic carbocycles. The zero-order valence-corrected chi connectivity index (χ0v) is 48.1. The van der Waals surface area contributed by atoms with E-state index in [4.69, 9.17) is 29.2 Å². The molecule has 0 saturated carbocycles. The molecule has 8 nitrogen and oxygen atoms in total. The average Bonchev–Trinajstić information content (AvgIpc) is 4.14.